The molecule has 1 unspecified atom stereocenters. The van der Waals surface area contributed by atoms with Crippen LogP contribution in [0.4, 0.5) is 13.2 Å². The highest BCUT2D eigenvalue weighted by molar-refractivity contribution is 5.73. The first-order chi connectivity index (χ1) is 12.8. The molecular formula is C18H26F3NO5. The van der Waals surface area contributed by atoms with E-state index in [1.165, 1.54) is 12.0 Å². The van der Waals surface area contributed by atoms with E-state index in [-0.39, 0.29) is 5.60 Å². The van der Waals surface area contributed by atoms with Gasteiger partial charge in [-0.1, -0.05) is 0 Å². The Labute approximate surface area is 156 Å². The molecule has 0 amide bonds. The molecule has 0 bridgehead atoms. The van der Waals surface area contributed by atoms with Crippen LogP contribution in [0, 0.1) is 5.92 Å². The van der Waals surface area contributed by atoms with Crippen molar-refractivity contribution in [2.24, 2.45) is 5.92 Å². The number of likely N-dealkylation sites (tertiary alicyclic amines) is 1. The summed E-state index contributed by atoms with van der Waals surface area (Å²) in [5.41, 5.74) is 1.40. The number of rotatable bonds is 5. The first-order valence-electron chi connectivity index (χ1n) is 8.93. The van der Waals surface area contributed by atoms with Crippen molar-refractivity contribution in [3.05, 3.63) is 24.2 Å². The minimum Gasteiger partial charge on any atom is -0.475 e. The van der Waals surface area contributed by atoms with Gasteiger partial charge >= 0.3 is 12.1 Å². The fraction of sp³-hybridized carbons (Fsp3) is 0.722. The lowest BCUT2D eigenvalue weighted by atomic mass is 9.78. The molecule has 0 aromatic carbocycles. The lowest BCUT2D eigenvalue weighted by Gasteiger charge is -2.42. The largest absolute Gasteiger partial charge is 0.490 e. The van der Waals surface area contributed by atoms with Gasteiger partial charge < -0.3 is 19.0 Å². The minimum absolute atomic E-state index is 0.130. The third-order valence-electron chi connectivity index (χ3n) is 5.20. The number of hydrogen-bond acceptors (Lipinski definition) is 5. The number of carboxylic acid groups (broad SMARTS) is 1. The third kappa shape index (κ3) is 6.22. The summed E-state index contributed by atoms with van der Waals surface area (Å²) in [4.78, 5) is 11.4. The second-order valence-electron chi connectivity index (χ2n) is 6.89. The number of carboxylic acids is 1. The van der Waals surface area contributed by atoms with E-state index in [0.29, 0.717) is 5.92 Å². The molecular weight excluding hydrogens is 367 g/mol. The van der Waals surface area contributed by atoms with E-state index < -0.39 is 12.1 Å². The maximum absolute atomic E-state index is 10.6. The molecule has 3 rings (SSSR count). The first kappa shape index (κ1) is 21.7. The molecule has 2 fully saturated rings. The van der Waals surface area contributed by atoms with Gasteiger partial charge in [-0.25, -0.2) is 4.79 Å². The number of hydrogen-bond donors (Lipinski definition) is 1. The number of halogens is 3. The highest BCUT2D eigenvalue weighted by atomic mass is 19.4. The molecule has 0 aliphatic carbocycles. The summed E-state index contributed by atoms with van der Waals surface area (Å²) in [5.74, 6) is -2.08. The molecule has 6 nitrogen and oxygen atoms in total. The molecule has 1 aromatic rings. The average molecular weight is 393 g/mol. The predicted molar refractivity (Wildman–Crippen MR) is 90.2 cm³/mol. The number of nitrogens with zero attached hydrogens (tertiary/aromatic N) is 1. The zero-order valence-corrected chi connectivity index (χ0v) is 15.3. The topological polar surface area (TPSA) is 72.1 Å². The Kier molecular flexibility index (Phi) is 7.69. The van der Waals surface area contributed by atoms with Crippen molar-refractivity contribution < 1.29 is 37.0 Å². The molecule has 3 heterocycles. The molecule has 2 saturated heterocycles. The number of methoxy groups -OCH3 is 1. The van der Waals surface area contributed by atoms with Crippen molar-refractivity contribution in [1.29, 1.82) is 0 Å². The van der Waals surface area contributed by atoms with Crippen LogP contribution in [0.5, 0.6) is 0 Å². The average Bonchev–Trinajstić information content (AvgIpc) is 3.25. The fourth-order valence-electron chi connectivity index (χ4n) is 3.74. The summed E-state index contributed by atoms with van der Waals surface area (Å²) in [7, 11) is 1.79. The number of furan rings is 1. The SMILES string of the molecule is COCCC1CCOC12CCN(Cc1ccoc1)CC2.O=C(O)C(F)(F)F. The molecule has 2 aliphatic heterocycles. The Bertz CT molecular complexity index is 568. The summed E-state index contributed by atoms with van der Waals surface area (Å²) >= 11 is 0. The smallest absolute Gasteiger partial charge is 0.475 e. The van der Waals surface area contributed by atoms with Gasteiger partial charge in [0.15, 0.2) is 0 Å². The number of ether oxygens (including phenoxy) is 2. The fourth-order valence-corrected chi connectivity index (χ4v) is 3.74. The molecule has 1 aromatic heterocycles. The van der Waals surface area contributed by atoms with Crippen LogP contribution >= 0.6 is 0 Å². The summed E-state index contributed by atoms with van der Waals surface area (Å²) in [6, 6.07) is 2.05. The van der Waals surface area contributed by atoms with Gasteiger partial charge in [-0.15, -0.1) is 0 Å². The van der Waals surface area contributed by atoms with E-state index in [9.17, 15) is 13.2 Å². The van der Waals surface area contributed by atoms with Gasteiger partial charge in [0.2, 0.25) is 0 Å². The molecule has 9 heteroatoms. The van der Waals surface area contributed by atoms with Gasteiger partial charge in [0.1, 0.15) is 0 Å². The van der Waals surface area contributed by atoms with Crippen molar-refractivity contribution in [1.82, 2.24) is 4.90 Å². The van der Waals surface area contributed by atoms with E-state index in [0.717, 1.165) is 52.1 Å². The van der Waals surface area contributed by atoms with Crippen LogP contribution < -0.4 is 0 Å². The van der Waals surface area contributed by atoms with Crippen molar-refractivity contribution in [3.8, 4) is 0 Å². The minimum atomic E-state index is -5.08. The van der Waals surface area contributed by atoms with E-state index in [1.54, 1.807) is 13.4 Å². The summed E-state index contributed by atoms with van der Waals surface area (Å²) in [6.45, 7) is 5.02. The lowest BCUT2D eigenvalue weighted by molar-refractivity contribution is -0.192. The van der Waals surface area contributed by atoms with Gasteiger partial charge in [0.25, 0.3) is 0 Å². The van der Waals surface area contributed by atoms with Crippen molar-refractivity contribution >= 4 is 5.97 Å². The zero-order chi connectivity index (χ0) is 19.9. The highest BCUT2D eigenvalue weighted by Gasteiger charge is 2.45. The van der Waals surface area contributed by atoms with E-state index >= 15 is 0 Å². The third-order valence-corrected chi connectivity index (χ3v) is 5.20. The van der Waals surface area contributed by atoms with Gasteiger partial charge in [-0.3, -0.25) is 4.90 Å². The molecule has 0 radical (unpaired) electrons. The second-order valence-corrected chi connectivity index (χ2v) is 6.89. The van der Waals surface area contributed by atoms with Crippen LogP contribution in [0.1, 0.15) is 31.2 Å². The Balaban J connectivity index is 0.000000321. The summed E-state index contributed by atoms with van der Waals surface area (Å²) < 4.78 is 48.3. The molecule has 0 saturated carbocycles. The van der Waals surface area contributed by atoms with Crippen LogP contribution in [0.25, 0.3) is 0 Å². The summed E-state index contributed by atoms with van der Waals surface area (Å²) in [6.07, 6.45) is 3.15. The predicted octanol–water partition coefficient (Wildman–Crippen LogP) is 3.32. The maximum Gasteiger partial charge on any atom is 0.490 e. The molecule has 2 aliphatic rings. The van der Waals surface area contributed by atoms with E-state index in [1.807, 2.05) is 6.26 Å². The molecule has 1 spiro atoms. The summed E-state index contributed by atoms with van der Waals surface area (Å²) in [5, 5.41) is 7.12. The zero-order valence-electron chi connectivity index (χ0n) is 15.3. The van der Waals surface area contributed by atoms with Crippen molar-refractivity contribution in [2.45, 2.75) is 44.0 Å². The lowest BCUT2D eigenvalue weighted by Crippen LogP contribution is -2.47. The highest BCUT2D eigenvalue weighted by Crippen LogP contribution is 2.42. The second kappa shape index (κ2) is 9.57. The van der Waals surface area contributed by atoms with Crippen LogP contribution in [-0.2, 0) is 20.8 Å². The van der Waals surface area contributed by atoms with E-state index in [2.05, 4.69) is 11.0 Å². The first-order valence-corrected chi connectivity index (χ1v) is 8.93. The maximum atomic E-state index is 10.6. The quantitative estimate of drug-likeness (QED) is 0.828. The Morgan fingerprint density at radius 3 is 2.59 bits per heavy atom. The molecule has 27 heavy (non-hydrogen) atoms. The van der Waals surface area contributed by atoms with Gasteiger partial charge in [0.05, 0.1) is 18.1 Å². The van der Waals surface area contributed by atoms with E-state index in [4.69, 9.17) is 23.8 Å². The number of piperidine rings is 1. The number of aliphatic carboxylic acids is 1. The molecule has 1 atom stereocenters. The molecule has 1 N–H and O–H groups in total. The van der Waals surface area contributed by atoms with Crippen molar-refractivity contribution in [2.75, 3.05) is 33.4 Å². The molecule has 154 valence electrons. The Hall–Kier alpha value is -1.58. The van der Waals surface area contributed by atoms with Crippen LogP contribution in [0.15, 0.2) is 23.0 Å². The van der Waals surface area contributed by atoms with Gasteiger partial charge in [-0.05, 0) is 37.7 Å². The van der Waals surface area contributed by atoms with Crippen LogP contribution in [-0.4, -0.2) is 61.2 Å². The number of alkyl halides is 3. The van der Waals surface area contributed by atoms with Crippen LogP contribution in [0.2, 0.25) is 0 Å². The number of carbonyl (C=O) groups is 1. The van der Waals surface area contributed by atoms with Gasteiger partial charge in [-0.2, -0.15) is 13.2 Å². The normalized spacial score (nSPS) is 22.4. The van der Waals surface area contributed by atoms with Crippen LogP contribution in [0.3, 0.4) is 0 Å². The van der Waals surface area contributed by atoms with Crippen molar-refractivity contribution in [3.63, 3.8) is 0 Å². The Morgan fingerprint density at radius 2 is 2.07 bits per heavy atom. The Morgan fingerprint density at radius 1 is 1.41 bits per heavy atom. The monoisotopic (exact) mass is 393 g/mol. The van der Waals surface area contributed by atoms with Gasteiger partial charge in [0, 0.05) is 45.5 Å². The standard InChI is InChI=1S/C16H25NO3.C2HF3O2/c1-18-9-3-15-4-11-20-16(15)5-7-17(8-6-16)12-14-2-10-19-13-14;3-2(4,5)1(6)7/h2,10,13,15H,3-9,11-12H2,1H3;(H,6,7).